The molecule has 2 aliphatic carbocycles. The Balaban J connectivity index is 1.39. The second kappa shape index (κ2) is 5.45. The first-order chi connectivity index (χ1) is 12.0. The van der Waals surface area contributed by atoms with Crippen LogP contribution in [0, 0.1) is 17.8 Å². The summed E-state index contributed by atoms with van der Waals surface area (Å²) in [5.74, 6) is 1.34. The summed E-state index contributed by atoms with van der Waals surface area (Å²) in [5.41, 5.74) is 0.846. The predicted octanol–water partition coefficient (Wildman–Crippen LogP) is 3.07. The minimum atomic E-state index is -0.881. The zero-order valence-corrected chi connectivity index (χ0v) is 14.8. The van der Waals surface area contributed by atoms with E-state index in [0.717, 1.165) is 42.4 Å². The van der Waals surface area contributed by atoms with Gasteiger partial charge < -0.3 is 10.0 Å². The van der Waals surface area contributed by atoms with Gasteiger partial charge >= 0.3 is 0 Å². The minimum Gasteiger partial charge on any atom is -0.385 e. The highest BCUT2D eigenvalue weighted by molar-refractivity contribution is 6.31. The number of rotatable bonds is 2. The van der Waals surface area contributed by atoms with Crippen molar-refractivity contribution in [1.29, 1.82) is 0 Å². The van der Waals surface area contributed by atoms with Crippen molar-refractivity contribution in [3.63, 3.8) is 0 Å². The number of halogens is 1. The van der Waals surface area contributed by atoms with Crippen molar-refractivity contribution in [2.24, 2.45) is 17.8 Å². The van der Waals surface area contributed by atoms with Crippen molar-refractivity contribution < 1.29 is 9.90 Å². The third kappa shape index (κ3) is 2.40. The fourth-order valence-electron chi connectivity index (χ4n) is 5.07. The van der Waals surface area contributed by atoms with E-state index in [0.29, 0.717) is 35.6 Å². The number of aromatic nitrogens is 2. The van der Waals surface area contributed by atoms with E-state index in [4.69, 9.17) is 11.6 Å². The summed E-state index contributed by atoms with van der Waals surface area (Å²) in [6.45, 7) is 1.58. The van der Waals surface area contributed by atoms with E-state index in [9.17, 15) is 9.90 Å². The molecular formula is C19H22ClN3O2. The lowest BCUT2D eigenvalue weighted by Crippen LogP contribution is -2.38. The summed E-state index contributed by atoms with van der Waals surface area (Å²) in [6.07, 6.45) is 6.43. The molecule has 2 N–H and O–H groups in total. The number of nitrogens with zero attached hydrogens (tertiary/aromatic N) is 2. The van der Waals surface area contributed by atoms with Crippen molar-refractivity contribution in [3.8, 4) is 0 Å². The molecule has 3 atom stereocenters. The number of hydrogen-bond acceptors (Lipinski definition) is 3. The number of likely N-dealkylation sites (tertiary alicyclic amines) is 1. The van der Waals surface area contributed by atoms with Crippen LogP contribution in [0.15, 0.2) is 18.3 Å². The van der Waals surface area contributed by atoms with Crippen LogP contribution in [-0.2, 0) is 10.4 Å². The molecule has 132 valence electrons. The third-order valence-electron chi connectivity index (χ3n) is 6.57. The van der Waals surface area contributed by atoms with Crippen molar-refractivity contribution in [2.45, 2.75) is 37.7 Å². The first kappa shape index (κ1) is 15.6. The average molecular weight is 360 g/mol. The van der Waals surface area contributed by atoms with Gasteiger partial charge in [0.15, 0.2) is 0 Å². The molecule has 5 nitrogen and oxygen atoms in total. The van der Waals surface area contributed by atoms with Crippen LogP contribution >= 0.6 is 11.6 Å². The van der Waals surface area contributed by atoms with Crippen LogP contribution in [0.3, 0.4) is 0 Å². The number of H-pyrrole nitrogens is 1. The van der Waals surface area contributed by atoms with E-state index in [-0.39, 0.29) is 5.92 Å². The largest absolute Gasteiger partial charge is 0.385 e. The van der Waals surface area contributed by atoms with Crippen molar-refractivity contribution in [2.75, 3.05) is 13.1 Å². The van der Waals surface area contributed by atoms with E-state index in [1.807, 2.05) is 17.0 Å². The lowest BCUT2D eigenvalue weighted by molar-refractivity contribution is -0.137. The van der Waals surface area contributed by atoms with Gasteiger partial charge in [-0.1, -0.05) is 18.0 Å². The Morgan fingerprint density at radius 1 is 1.28 bits per heavy atom. The molecule has 0 bridgehead atoms. The summed E-state index contributed by atoms with van der Waals surface area (Å²) in [6, 6.07) is 3.71. The lowest BCUT2D eigenvalue weighted by atomic mass is 9.84. The molecule has 1 aromatic heterocycles. The molecule has 5 rings (SSSR count). The summed E-state index contributed by atoms with van der Waals surface area (Å²) in [5, 5.41) is 20.0. The maximum absolute atomic E-state index is 12.5. The van der Waals surface area contributed by atoms with Gasteiger partial charge in [-0.3, -0.25) is 9.89 Å². The van der Waals surface area contributed by atoms with Gasteiger partial charge in [-0.15, -0.1) is 0 Å². The first-order valence-electron chi connectivity index (χ1n) is 9.18. The number of hydrogen-bond donors (Lipinski definition) is 2. The van der Waals surface area contributed by atoms with Gasteiger partial charge in [-0.25, -0.2) is 0 Å². The van der Waals surface area contributed by atoms with E-state index < -0.39 is 5.60 Å². The number of carbonyl (C=O) groups excluding carboxylic acids is 1. The number of aromatic amines is 1. The monoisotopic (exact) mass is 359 g/mol. The van der Waals surface area contributed by atoms with Crippen LogP contribution < -0.4 is 0 Å². The first-order valence-corrected chi connectivity index (χ1v) is 9.55. The van der Waals surface area contributed by atoms with E-state index in [1.54, 1.807) is 6.20 Å². The van der Waals surface area contributed by atoms with E-state index in [2.05, 4.69) is 10.2 Å². The molecule has 6 heteroatoms. The Kier molecular flexibility index (Phi) is 3.41. The number of aliphatic hydroxyl groups is 1. The summed E-state index contributed by atoms with van der Waals surface area (Å²) in [4.78, 5) is 14.6. The molecule has 0 spiro atoms. The molecule has 1 saturated heterocycles. The van der Waals surface area contributed by atoms with Crippen LogP contribution in [0.5, 0.6) is 0 Å². The topological polar surface area (TPSA) is 69.2 Å². The van der Waals surface area contributed by atoms with Gasteiger partial charge in [0.2, 0.25) is 5.91 Å². The van der Waals surface area contributed by atoms with Gasteiger partial charge in [-0.2, -0.15) is 5.10 Å². The Labute approximate surface area is 151 Å². The molecule has 2 aromatic rings. The minimum absolute atomic E-state index is 0.260. The standard InChI is InChI=1S/C19H22ClN3O2/c20-14-4-16(15-8-21-22-17(15)5-14)19(25)6-12-9-23(10-13(12)7-19)18(24)11-2-1-3-11/h4-5,8,11-13,25H,1-3,6-7,9-10H2,(H,21,22)/t12-,13+,19?. The summed E-state index contributed by atoms with van der Waals surface area (Å²) < 4.78 is 0. The summed E-state index contributed by atoms with van der Waals surface area (Å²) >= 11 is 6.25. The Hall–Kier alpha value is -1.59. The van der Waals surface area contributed by atoms with Crippen LogP contribution in [0.2, 0.25) is 5.02 Å². The average Bonchev–Trinajstić information content (AvgIpc) is 3.17. The van der Waals surface area contributed by atoms with Gasteiger partial charge in [0.25, 0.3) is 0 Å². The van der Waals surface area contributed by atoms with Crippen molar-refractivity contribution in [1.82, 2.24) is 15.1 Å². The number of amides is 1. The second-order valence-electron chi connectivity index (χ2n) is 8.12. The molecule has 3 aliphatic rings. The maximum atomic E-state index is 12.5. The molecule has 3 fully saturated rings. The van der Waals surface area contributed by atoms with Gasteiger partial charge in [0.05, 0.1) is 17.3 Å². The smallest absolute Gasteiger partial charge is 0.225 e. The van der Waals surface area contributed by atoms with Crippen LogP contribution in [-0.4, -0.2) is 39.2 Å². The molecule has 1 unspecified atom stereocenters. The number of fused-ring (bicyclic) bond motifs is 2. The highest BCUT2D eigenvalue weighted by Crippen LogP contribution is 2.51. The van der Waals surface area contributed by atoms with E-state index in [1.165, 1.54) is 6.42 Å². The molecule has 1 aliphatic heterocycles. The Morgan fingerprint density at radius 3 is 2.64 bits per heavy atom. The fourth-order valence-corrected chi connectivity index (χ4v) is 5.28. The number of carbonyl (C=O) groups is 1. The van der Waals surface area contributed by atoms with E-state index >= 15 is 0 Å². The van der Waals surface area contributed by atoms with Crippen molar-refractivity contribution in [3.05, 3.63) is 28.9 Å². The van der Waals surface area contributed by atoms with Gasteiger partial charge in [0, 0.05) is 29.4 Å². The second-order valence-corrected chi connectivity index (χ2v) is 8.55. The molecule has 0 radical (unpaired) electrons. The maximum Gasteiger partial charge on any atom is 0.225 e. The van der Waals surface area contributed by atoms with Gasteiger partial charge in [-0.05, 0) is 55.2 Å². The molecule has 1 aromatic carbocycles. The van der Waals surface area contributed by atoms with Crippen LogP contribution in [0.4, 0.5) is 0 Å². The molecule has 2 saturated carbocycles. The number of nitrogens with one attached hydrogen (secondary N) is 1. The fraction of sp³-hybridized carbons (Fsp3) is 0.579. The van der Waals surface area contributed by atoms with Gasteiger partial charge in [0.1, 0.15) is 0 Å². The van der Waals surface area contributed by atoms with Crippen LogP contribution in [0.1, 0.15) is 37.7 Å². The summed E-state index contributed by atoms with van der Waals surface area (Å²) in [7, 11) is 0. The highest BCUT2D eigenvalue weighted by atomic mass is 35.5. The van der Waals surface area contributed by atoms with Crippen LogP contribution in [0.25, 0.3) is 10.9 Å². The number of benzene rings is 1. The normalized spacial score (nSPS) is 32.2. The zero-order valence-electron chi connectivity index (χ0n) is 14.0. The highest BCUT2D eigenvalue weighted by Gasteiger charge is 2.51. The SMILES string of the molecule is O=C(C1CCC1)N1C[C@@H]2CC(O)(c3cc(Cl)cc4[nH]ncc34)C[C@@H]2C1. The quantitative estimate of drug-likeness (QED) is 0.865. The Bertz CT molecular complexity index is 830. The Morgan fingerprint density at radius 2 is 2.00 bits per heavy atom. The third-order valence-corrected chi connectivity index (χ3v) is 6.79. The molecule has 1 amide bonds. The zero-order chi connectivity index (χ0) is 17.2. The van der Waals surface area contributed by atoms with Crippen molar-refractivity contribution >= 4 is 28.4 Å². The molecular weight excluding hydrogens is 338 g/mol. The predicted molar refractivity (Wildman–Crippen MR) is 95.1 cm³/mol. The lowest BCUT2D eigenvalue weighted by Gasteiger charge is -2.31. The molecule has 2 heterocycles. The molecule has 25 heavy (non-hydrogen) atoms.